The van der Waals surface area contributed by atoms with Gasteiger partial charge in [-0.1, -0.05) is 23.8 Å². The van der Waals surface area contributed by atoms with Gasteiger partial charge in [0.25, 0.3) is 0 Å². The standard InChI is InChI=1S/C17H19F3N2O2/c1-11-7-8-15(12(2)9-11)23-10-13-14(22(3)21)5-4-6-16(13)24-17(18,19)20/h4-9H,10,21H2,1-3H3. The smallest absolute Gasteiger partial charge is 0.488 e. The van der Waals surface area contributed by atoms with Crippen molar-refractivity contribution in [2.75, 3.05) is 12.1 Å². The van der Waals surface area contributed by atoms with Gasteiger partial charge >= 0.3 is 6.36 Å². The molecule has 0 saturated carbocycles. The van der Waals surface area contributed by atoms with Gasteiger partial charge in [0.2, 0.25) is 0 Å². The minimum Gasteiger partial charge on any atom is -0.488 e. The van der Waals surface area contributed by atoms with E-state index >= 15 is 0 Å². The van der Waals surface area contributed by atoms with Crippen LogP contribution in [0.25, 0.3) is 0 Å². The summed E-state index contributed by atoms with van der Waals surface area (Å²) in [5.74, 6) is 5.97. The largest absolute Gasteiger partial charge is 0.573 e. The van der Waals surface area contributed by atoms with Crippen molar-refractivity contribution in [3.63, 3.8) is 0 Å². The predicted octanol–water partition coefficient (Wildman–Crippen LogP) is 4.09. The Labute approximate surface area is 138 Å². The second-order valence-electron chi connectivity index (χ2n) is 5.47. The van der Waals surface area contributed by atoms with E-state index in [0.717, 1.165) is 11.1 Å². The van der Waals surface area contributed by atoms with E-state index in [1.165, 1.54) is 24.2 Å². The maximum Gasteiger partial charge on any atom is 0.573 e. The summed E-state index contributed by atoms with van der Waals surface area (Å²) >= 11 is 0. The molecule has 0 radical (unpaired) electrons. The first-order valence-corrected chi connectivity index (χ1v) is 7.23. The lowest BCUT2D eigenvalue weighted by molar-refractivity contribution is -0.275. The molecule has 0 aliphatic heterocycles. The number of nitrogens with two attached hydrogens (primary N) is 1. The predicted molar refractivity (Wildman–Crippen MR) is 86.0 cm³/mol. The van der Waals surface area contributed by atoms with Crippen LogP contribution in [0.1, 0.15) is 16.7 Å². The van der Waals surface area contributed by atoms with Crippen LogP contribution in [0, 0.1) is 13.8 Å². The van der Waals surface area contributed by atoms with Gasteiger partial charge in [-0.3, -0.25) is 0 Å². The highest BCUT2D eigenvalue weighted by Crippen LogP contribution is 2.33. The lowest BCUT2D eigenvalue weighted by Gasteiger charge is -2.21. The quantitative estimate of drug-likeness (QED) is 0.658. The molecule has 0 amide bonds. The van der Waals surface area contributed by atoms with Crippen molar-refractivity contribution in [2.45, 2.75) is 26.8 Å². The topological polar surface area (TPSA) is 47.7 Å². The molecule has 0 spiro atoms. The summed E-state index contributed by atoms with van der Waals surface area (Å²) < 4.78 is 47.6. The van der Waals surface area contributed by atoms with Gasteiger partial charge in [-0.05, 0) is 37.6 Å². The molecule has 2 N–H and O–H groups in total. The van der Waals surface area contributed by atoms with E-state index in [1.807, 2.05) is 26.0 Å². The molecular weight excluding hydrogens is 321 g/mol. The zero-order valence-electron chi connectivity index (χ0n) is 13.6. The summed E-state index contributed by atoms with van der Waals surface area (Å²) in [6.45, 7) is 3.72. The molecule has 130 valence electrons. The molecule has 2 rings (SSSR count). The third kappa shape index (κ3) is 4.55. The van der Waals surface area contributed by atoms with Crippen molar-refractivity contribution in [3.05, 3.63) is 53.1 Å². The SMILES string of the molecule is Cc1ccc(OCc2c(OC(F)(F)F)cccc2N(C)N)c(C)c1. The molecule has 0 unspecified atom stereocenters. The van der Waals surface area contributed by atoms with Crippen LogP contribution in [0.5, 0.6) is 11.5 Å². The van der Waals surface area contributed by atoms with Crippen molar-refractivity contribution < 1.29 is 22.6 Å². The van der Waals surface area contributed by atoms with Crippen molar-refractivity contribution in [1.29, 1.82) is 0 Å². The first-order valence-electron chi connectivity index (χ1n) is 7.23. The summed E-state index contributed by atoms with van der Waals surface area (Å²) in [6.07, 6.45) is -4.79. The molecule has 0 atom stereocenters. The zero-order valence-corrected chi connectivity index (χ0v) is 13.6. The van der Waals surface area contributed by atoms with Crippen LogP contribution in [0.15, 0.2) is 36.4 Å². The number of hydrogen-bond donors (Lipinski definition) is 1. The van der Waals surface area contributed by atoms with E-state index < -0.39 is 6.36 Å². The van der Waals surface area contributed by atoms with Gasteiger partial charge < -0.3 is 14.5 Å². The van der Waals surface area contributed by atoms with Crippen molar-refractivity contribution >= 4 is 5.69 Å². The van der Waals surface area contributed by atoms with E-state index in [-0.39, 0.29) is 17.9 Å². The molecule has 0 fully saturated rings. The highest BCUT2D eigenvalue weighted by Gasteiger charge is 2.32. The maximum atomic E-state index is 12.6. The fourth-order valence-electron chi connectivity index (χ4n) is 2.36. The molecule has 0 heterocycles. The average molecular weight is 340 g/mol. The number of alkyl halides is 3. The fourth-order valence-corrected chi connectivity index (χ4v) is 2.36. The number of benzene rings is 2. The lowest BCUT2D eigenvalue weighted by Crippen LogP contribution is -2.27. The van der Waals surface area contributed by atoms with Crippen LogP contribution in [0.2, 0.25) is 0 Å². The number of anilines is 1. The molecule has 2 aromatic carbocycles. The Hall–Kier alpha value is -2.41. The highest BCUT2D eigenvalue weighted by atomic mass is 19.4. The summed E-state index contributed by atoms with van der Waals surface area (Å²) in [4.78, 5) is 0. The van der Waals surface area contributed by atoms with Crippen LogP contribution in [0.4, 0.5) is 18.9 Å². The van der Waals surface area contributed by atoms with Crippen LogP contribution in [0.3, 0.4) is 0 Å². The normalized spacial score (nSPS) is 11.3. The van der Waals surface area contributed by atoms with Gasteiger partial charge in [0.15, 0.2) is 0 Å². The molecule has 7 heteroatoms. The molecule has 4 nitrogen and oxygen atoms in total. The molecule has 0 aromatic heterocycles. The molecular formula is C17H19F3N2O2. The Morgan fingerprint density at radius 2 is 1.79 bits per heavy atom. The minimum absolute atomic E-state index is 0.104. The average Bonchev–Trinajstić information content (AvgIpc) is 2.45. The minimum atomic E-state index is -4.79. The molecule has 0 aliphatic rings. The van der Waals surface area contributed by atoms with Crippen molar-refractivity contribution in [3.8, 4) is 11.5 Å². The van der Waals surface area contributed by atoms with Crippen LogP contribution >= 0.6 is 0 Å². The van der Waals surface area contributed by atoms with E-state index in [2.05, 4.69) is 4.74 Å². The number of aryl methyl sites for hydroxylation is 2. The van der Waals surface area contributed by atoms with Gasteiger partial charge in [-0.2, -0.15) is 0 Å². The Morgan fingerprint density at radius 1 is 1.08 bits per heavy atom. The third-order valence-corrected chi connectivity index (χ3v) is 3.42. The number of hydrazine groups is 1. The fraction of sp³-hybridized carbons (Fsp3) is 0.294. The van der Waals surface area contributed by atoms with Crippen LogP contribution < -0.4 is 20.3 Å². The van der Waals surface area contributed by atoms with E-state index in [0.29, 0.717) is 11.4 Å². The van der Waals surface area contributed by atoms with Crippen molar-refractivity contribution in [1.82, 2.24) is 0 Å². The van der Waals surface area contributed by atoms with Crippen LogP contribution in [-0.2, 0) is 6.61 Å². The first kappa shape index (κ1) is 17.9. The van der Waals surface area contributed by atoms with Crippen molar-refractivity contribution in [2.24, 2.45) is 5.84 Å². The monoisotopic (exact) mass is 340 g/mol. The number of nitrogens with zero attached hydrogens (tertiary/aromatic N) is 1. The Morgan fingerprint density at radius 3 is 2.38 bits per heavy atom. The molecule has 0 saturated heterocycles. The van der Waals surface area contributed by atoms with E-state index in [4.69, 9.17) is 10.6 Å². The van der Waals surface area contributed by atoms with Gasteiger partial charge in [-0.15, -0.1) is 13.2 Å². The van der Waals surface area contributed by atoms with Gasteiger partial charge in [0, 0.05) is 7.05 Å². The zero-order chi connectivity index (χ0) is 17.9. The van der Waals surface area contributed by atoms with E-state index in [1.54, 1.807) is 12.1 Å². The van der Waals surface area contributed by atoms with Gasteiger partial charge in [0.05, 0.1) is 11.3 Å². The third-order valence-electron chi connectivity index (χ3n) is 3.42. The first-order chi connectivity index (χ1) is 11.2. The number of hydrogen-bond acceptors (Lipinski definition) is 4. The highest BCUT2D eigenvalue weighted by molar-refractivity contribution is 5.58. The van der Waals surface area contributed by atoms with Crippen LogP contribution in [-0.4, -0.2) is 13.4 Å². The maximum absolute atomic E-state index is 12.6. The number of halogens is 3. The van der Waals surface area contributed by atoms with Gasteiger partial charge in [-0.25, -0.2) is 5.84 Å². The summed E-state index contributed by atoms with van der Waals surface area (Å²) in [5.41, 5.74) is 2.58. The summed E-state index contributed by atoms with van der Waals surface area (Å²) in [7, 11) is 1.54. The van der Waals surface area contributed by atoms with E-state index in [9.17, 15) is 13.2 Å². The second-order valence-corrected chi connectivity index (χ2v) is 5.47. The molecule has 2 aromatic rings. The summed E-state index contributed by atoms with van der Waals surface area (Å²) in [5, 5.41) is 1.23. The Balaban J connectivity index is 2.32. The Bertz CT molecular complexity index is 715. The summed E-state index contributed by atoms with van der Waals surface area (Å²) in [6, 6.07) is 9.87. The number of ether oxygens (including phenoxy) is 2. The molecule has 24 heavy (non-hydrogen) atoms. The Kier molecular flexibility index (Phi) is 5.23. The molecule has 0 aliphatic carbocycles. The lowest BCUT2D eigenvalue weighted by atomic mass is 10.1. The second kappa shape index (κ2) is 7.00. The molecule has 0 bridgehead atoms. The van der Waals surface area contributed by atoms with Gasteiger partial charge in [0.1, 0.15) is 18.1 Å². The number of rotatable bonds is 5.